The van der Waals surface area contributed by atoms with Crippen LogP contribution in [-0.2, 0) is 6.54 Å². The molecule has 3 N–H and O–H groups in total. The minimum Gasteiger partial charge on any atom is -0.350 e. The summed E-state index contributed by atoms with van der Waals surface area (Å²) in [5.41, 5.74) is 8.96. The van der Waals surface area contributed by atoms with E-state index in [2.05, 4.69) is 10.4 Å². The highest BCUT2D eigenvalue weighted by atomic mass is 16.1. The molecule has 0 atom stereocenters. The number of carbonyl (C=O) groups is 1. The number of benzene rings is 1. The van der Waals surface area contributed by atoms with Gasteiger partial charge in [0.1, 0.15) is 0 Å². The molecule has 0 unspecified atom stereocenters. The number of nitrogens with one attached hydrogen (secondary N) is 1. The Bertz CT molecular complexity index is 928. The second kappa shape index (κ2) is 7.88. The summed E-state index contributed by atoms with van der Waals surface area (Å²) in [6.45, 7) is 7.21. The molecule has 6 heteroatoms. The number of hydrogen-bond acceptors (Lipinski definition) is 4. The number of rotatable bonds is 7. The van der Waals surface area contributed by atoms with Gasteiger partial charge in [0.15, 0.2) is 5.65 Å². The average Bonchev–Trinajstić information content (AvgIpc) is 3.14. The largest absolute Gasteiger partial charge is 0.350 e. The predicted molar refractivity (Wildman–Crippen MR) is 108 cm³/mol. The van der Waals surface area contributed by atoms with Crippen molar-refractivity contribution in [2.24, 2.45) is 5.73 Å². The van der Waals surface area contributed by atoms with Gasteiger partial charge in [0.25, 0.3) is 5.91 Å². The Morgan fingerprint density at radius 2 is 1.89 bits per heavy atom. The maximum absolute atomic E-state index is 13.0. The summed E-state index contributed by atoms with van der Waals surface area (Å²) in [6, 6.07) is 11.7. The van der Waals surface area contributed by atoms with Crippen LogP contribution in [-0.4, -0.2) is 32.8 Å². The van der Waals surface area contributed by atoms with Gasteiger partial charge in [-0.05, 0) is 25.8 Å². The first-order valence-corrected chi connectivity index (χ1v) is 9.50. The van der Waals surface area contributed by atoms with Crippen LogP contribution < -0.4 is 11.1 Å². The van der Waals surface area contributed by atoms with Gasteiger partial charge >= 0.3 is 0 Å². The maximum atomic E-state index is 13.0. The van der Waals surface area contributed by atoms with Crippen LogP contribution in [0.4, 0.5) is 0 Å². The van der Waals surface area contributed by atoms with E-state index >= 15 is 0 Å². The van der Waals surface area contributed by atoms with Crippen LogP contribution in [0.1, 0.15) is 44.0 Å². The van der Waals surface area contributed by atoms with Crippen LogP contribution in [0.3, 0.4) is 0 Å². The SMILES string of the molecule is CCn1ncc2c(C(=O)NCC(N)(CC)CC)cc(-c3ccccc3)nc21. The highest BCUT2D eigenvalue weighted by Gasteiger charge is 2.23. The molecule has 0 aliphatic carbocycles. The molecular formula is C21H27N5O. The third-order valence-corrected chi connectivity index (χ3v) is 5.23. The van der Waals surface area contributed by atoms with E-state index in [4.69, 9.17) is 10.7 Å². The summed E-state index contributed by atoms with van der Waals surface area (Å²) in [5, 5.41) is 8.15. The van der Waals surface area contributed by atoms with Gasteiger partial charge < -0.3 is 11.1 Å². The second-order valence-electron chi connectivity index (χ2n) is 6.87. The normalized spacial score (nSPS) is 11.7. The Morgan fingerprint density at radius 3 is 2.52 bits per heavy atom. The molecule has 3 aromatic rings. The molecule has 142 valence electrons. The minimum atomic E-state index is -0.391. The van der Waals surface area contributed by atoms with Crippen molar-refractivity contribution in [1.29, 1.82) is 0 Å². The number of nitrogens with two attached hydrogens (primary N) is 1. The highest BCUT2D eigenvalue weighted by molar-refractivity contribution is 6.06. The van der Waals surface area contributed by atoms with Crippen molar-refractivity contribution in [2.75, 3.05) is 6.54 Å². The summed E-state index contributed by atoms with van der Waals surface area (Å²) in [5.74, 6) is -0.146. The van der Waals surface area contributed by atoms with Crippen LogP contribution in [0.2, 0.25) is 0 Å². The summed E-state index contributed by atoms with van der Waals surface area (Å²) >= 11 is 0. The van der Waals surface area contributed by atoms with Crippen molar-refractivity contribution in [2.45, 2.75) is 45.7 Å². The van der Waals surface area contributed by atoms with Gasteiger partial charge in [0.05, 0.1) is 22.8 Å². The topological polar surface area (TPSA) is 85.8 Å². The molecule has 0 aliphatic rings. The molecule has 0 saturated heterocycles. The number of amides is 1. The van der Waals surface area contributed by atoms with E-state index in [0.29, 0.717) is 24.3 Å². The zero-order chi connectivity index (χ0) is 19.4. The molecule has 2 aromatic heterocycles. The number of aromatic nitrogens is 3. The molecule has 1 amide bonds. The third-order valence-electron chi connectivity index (χ3n) is 5.23. The van der Waals surface area contributed by atoms with Crippen LogP contribution in [0.5, 0.6) is 0 Å². The molecule has 27 heavy (non-hydrogen) atoms. The quantitative estimate of drug-likeness (QED) is 0.672. The van der Waals surface area contributed by atoms with E-state index < -0.39 is 5.54 Å². The van der Waals surface area contributed by atoms with E-state index in [-0.39, 0.29) is 5.91 Å². The minimum absolute atomic E-state index is 0.146. The lowest BCUT2D eigenvalue weighted by atomic mass is 9.94. The fourth-order valence-corrected chi connectivity index (χ4v) is 3.08. The molecule has 1 aromatic carbocycles. The Kier molecular flexibility index (Phi) is 5.56. The molecule has 3 rings (SSSR count). The lowest BCUT2D eigenvalue weighted by Crippen LogP contribution is -2.49. The fraction of sp³-hybridized carbons (Fsp3) is 0.381. The molecule has 2 heterocycles. The molecule has 0 bridgehead atoms. The Hall–Kier alpha value is -2.73. The first-order chi connectivity index (χ1) is 13.0. The van der Waals surface area contributed by atoms with E-state index in [1.54, 1.807) is 6.20 Å². The molecule has 0 radical (unpaired) electrons. The van der Waals surface area contributed by atoms with Crippen LogP contribution in [0.15, 0.2) is 42.6 Å². The lowest BCUT2D eigenvalue weighted by molar-refractivity contribution is 0.0944. The van der Waals surface area contributed by atoms with Gasteiger partial charge in [-0.1, -0.05) is 44.2 Å². The first kappa shape index (κ1) is 19.0. The molecule has 0 saturated carbocycles. The van der Waals surface area contributed by atoms with E-state index in [9.17, 15) is 4.79 Å². The summed E-state index contributed by atoms with van der Waals surface area (Å²) in [7, 11) is 0. The number of pyridine rings is 1. The number of carbonyl (C=O) groups excluding carboxylic acids is 1. The molecule has 6 nitrogen and oxygen atoms in total. The summed E-state index contributed by atoms with van der Waals surface area (Å²) < 4.78 is 1.81. The van der Waals surface area contributed by atoms with Gasteiger partial charge in [0.2, 0.25) is 0 Å². The fourth-order valence-electron chi connectivity index (χ4n) is 3.08. The van der Waals surface area contributed by atoms with E-state index in [1.807, 2.05) is 61.9 Å². The van der Waals surface area contributed by atoms with E-state index in [0.717, 1.165) is 29.5 Å². The Morgan fingerprint density at radius 1 is 1.19 bits per heavy atom. The third kappa shape index (κ3) is 3.85. The first-order valence-electron chi connectivity index (χ1n) is 9.50. The van der Waals surface area contributed by atoms with Crippen molar-refractivity contribution < 1.29 is 4.79 Å². The van der Waals surface area contributed by atoms with Gasteiger partial charge in [-0.3, -0.25) is 4.79 Å². The van der Waals surface area contributed by atoms with Gasteiger partial charge in [0, 0.05) is 24.2 Å². The zero-order valence-corrected chi connectivity index (χ0v) is 16.2. The predicted octanol–water partition coefficient (Wildman–Crippen LogP) is 3.37. The average molecular weight is 365 g/mol. The monoisotopic (exact) mass is 365 g/mol. The van der Waals surface area contributed by atoms with Crippen LogP contribution in [0, 0.1) is 0 Å². The standard InChI is InChI=1S/C21H27N5O/c1-4-21(22,5-2)14-23-20(27)16-12-18(15-10-8-7-9-11-15)25-19-17(16)13-24-26(19)6-3/h7-13H,4-6,14,22H2,1-3H3,(H,23,27). The smallest absolute Gasteiger partial charge is 0.252 e. The van der Waals surface area contributed by atoms with Gasteiger partial charge in [-0.2, -0.15) is 5.10 Å². The van der Waals surface area contributed by atoms with Crippen molar-refractivity contribution in [1.82, 2.24) is 20.1 Å². The van der Waals surface area contributed by atoms with Crippen molar-refractivity contribution >= 4 is 16.9 Å². The number of fused-ring (bicyclic) bond motifs is 1. The molecule has 0 fully saturated rings. The van der Waals surface area contributed by atoms with Crippen molar-refractivity contribution in [3.05, 3.63) is 48.2 Å². The highest BCUT2D eigenvalue weighted by Crippen LogP contribution is 2.25. The summed E-state index contributed by atoms with van der Waals surface area (Å²) in [4.78, 5) is 17.7. The molecule has 0 aliphatic heterocycles. The number of aryl methyl sites for hydroxylation is 1. The second-order valence-corrected chi connectivity index (χ2v) is 6.87. The summed E-state index contributed by atoms with van der Waals surface area (Å²) in [6.07, 6.45) is 3.32. The Balaban J connectivity index is 2.03. The zero-order valence-electron chi connectivity index (χ0n) is 16.2. The van der Waals surface area contributed by atoms with E-state index in [1.165, 1.54) is 0 Å². The van der Waals surface area contributed by atoms with Gasteiger partial charge in [-0.15, -0.1) is 0 Å². The van der Waals surface area contributed by atoms with Gasteiger partial charge in [-0.25, -0.2) is 9.67 Å². The van der Waals surface area contributed by atoms with Crippen LogP contribution in [0.25, 0.3) is 22.3 Å². The number of nitrogens with zero attached hydrogens (tertiary/aromatic N) is 3. The van der Waals surface area contributed by atoms with Crippen molar-refractivity contribution in [3.8, 4) is 11.3 Å². The maximum Gasteiger partial charge on any atom is 0.252 e. The molecular weight excluding hydrogens is 338 g/mol. The van der Waals surface area contributed by atoms with Crippen LogP contribution >= 0.6 is 0 Å². The lowest BCUT2D eigenvalue weighted by Gasteiger charge is -2.26. The Labute approximate surface area is 159 Å². The van der Waals surface area contributed by atoms with Crippen molar-refractivity contribution in [3.63, 3.8) is 0 Å². The molecule has 0 spiro atoms. The number of hydrogen-bond donors (Lipinski definition) is 2.